The molecule has 0 radical (unpaired) electrons. The van der Waals surface area contributed by atoms with E-state index >= 15 is 0 Å². The Morgan fingerprint density at radius 1 is 1.36 bits per heavy atom. The van der Waals surface area contributed by atoms with E-state index in [9.17, 15) is 0 Å². The van der Waals surface area contributed by atoms with Gasteiger partial charge in [0, 0.05) is 7.05 Å². The van der Waals surface area contributed by atoms with Crippen molar-refractivity contribution in [3.8, 4) is 0 Å². The molecule has 0 unspecified atom stereocenters. The molecule has 0 saturated carbocycles. The Balaban J connectivity index is 3.49. The van der Waals surface area contributed by atoms with Crippen LogP contribution in [-0.2, 0) is 0 Å². The minimum Gasteiger partial charge on any atom is -0.393 e. The van der Waals surface area contributed by atoms with Gasteiger partial charge in [-0.25, -0.2) is 0 Å². The van der Waals surface area contributed by atoms with Crippen LogP contribution in [0.2, 0.25) is 0 Å². The van der Waals surface area contributed by atoms with Gasteiger partial charge in [0.25, 0.3) is 0 Å². The van der Waals surface area contributed by atoms with Crippen LogP contribution in [0.25, 0.3) is 0 Å². The summed E-state index contributed by atoms with van der Waals surface area (Å²) in [4.78, 5) is 5.54. The smallest absolute Gasteiger partial charge is 0.177 e. The molecule has 0 bridgehead atoms. The summed E-state index contributed by atoms with van der Waals surface area (Å²) in [7, 11) is 1.74. The topological polar surface area (TPSA) is 69.6 Å². The molecule has 6 heteroatoms. The molecule has 1 aromatic heterocycles. The number of nitrogen functional groups attached to an aromatic ring is 1. The fourth-order valence-electron chi connectivity index (χ4n) is 0.693. The second-order valence-electron chi connectivity index (χ2n) is 1.95. The van der Waals surface area contributed by atoms with Crippen LogP contribution in [0.3, 0.4) is 0 Å². The van der Waals surface area contributed by atoms with Crippen molar-refractivity contribution >= 4 is 35.9 Å². The summed E-state index contributed by atoms with van der Waals surface area (Å²) in [6, 6.07) is 0. The van der Waals surface area contributed by atoms with Gasteiger partial charge in [0.15, 0.2) is 4.77 Å². The molecule has 0 fully saturated rings. The number of aromatic amines is 2. The minimum absolute atomic E-state index is 0.457. The molecule has 0 atom stereocenters. The van der Waals surface area contributed by atoms with Gasteiger partial charge in [-0.2, -0.15) is 0 Å². The lowest BCUT2D eigenvalue weighted by molar-refractivity contribution is 1.12. The Hall–Kier alpha value is -0.880. The second kappa shape index (κ2) is 3.02. The highest BCUT2D eigenvalue weighted by molar-refractivity contribution is 7.72. The molecule has 0 aliphatic heterocycles. The standard InChI is InChI=1S/C5H8N4S2/c1-7-3-2(6)4(10)9-5(11)8-3/h6H2,1H3,(H3,7,8,9,10,11). The van der Waals surface area contributed by atoms with Gasteiger partial charge >= 0.3 is 0 Å². The van der Waals surface area contributed by atoms with Crippen LogP contribution in [0.4, 0.5) is 11.5 Å². The number of rotatable bonds is 1. The highest BCUT2D eigenvalue weighted by Crippen LogP contribution is 2.12. The van der Waals surface area contributed by atoms with Gasteiger partial charge in [0.1, 0.15) is 16.1 Å². The normalized spacial score (nSPS) is 9.55. The molecule has 0 aromatic carbocycles. The third-order valence-electron chi connectivity index (χ3n) is 1.23. The Labute approximate surface area is 73.8 Å². The summed E-state index contributed by atoms with van der Waals surface area (Å²) in [5.74, 6) is 0.652. The van der Waals surface area contributed by atoms with Crippen molar-refractivity contribution in [3.63, 3.8) is 0 Å². The summed E-state index contributed by atoms with van der Waals surface area (Å²) in [5.41, 5.74) is 6.07. The number of anilines is 2. The van der Waals surface area contributed by atoms with E-state index in [1.54, 1.807) is 7.05 Å². The van der Waals surface area contributed by atoms with E-state index in [0.717, 1.165) is 0 Å². The Morgan fingerprint density at radius 3 is 2.55 bits per heavy atom. The predicted molar refractivity (Wildman–Crippen MR) is 50.8 cm³/mol. The Kier molecular flexibility index (Phi) is 2.25. The maximum Gasteiger partial charge on any atom is 0.177 e. The summed E-state index contributed by atoms with van der Waals surface area (Å²) < 4.78 is 0.923. The average molecular weight is 188 g/mol. The van der Waals surface area contributed by atoms with Crippen molar-refractivity contribution in [1.82, 2.24) is 9.97 Å². The monoisotopic (exact) mass is 188 g/mol. The van der Waals surface area contributed by atoms with Gasteiger partial charge in [-0.3, -0.25) is 0 Å². The zero-order chi connectivity index (χ0) is 8.43. The summed E-state index contributed by atoms with van der Waals surface area (Å²) >= 11 is 9.73. The molecular weight excluding hydrogens is 180 g/mol. The van der Waals surface area contributed by atoms with Crippen molar-refractivity contribution in [2.75, 3.05) is 18.1 Å². The fourth-order valence-corrected chi connectivity index (χ4v) is 1.17. The number of hydrogen-bond acceptors (Lipinski definition) is 4. The van der Waals surface area contributed by atoms with Gasteiger partial charge in [0.05, 0.1) is 0 Å². The molecule has 60 valence electrons. The fraction of sp³-hybridized carbons (Fsp3) is 0.200. The lowest BCUT2D eigenvalue weighted by atomic mass is 10.5. The molecule has 5 N–H and O–H groups in total. The maximum absolute atomic E-state index is 5.59. The molecule has 0 aliphatic carbocycles. The zero-order valence-corrected chi connectivity index (χ0v) is 7.53. The molecule has 4 nitrogen and oxygen atoms in total. The molecular formula is C5H8N4S2. The van der Waals surface area contributed by atoms with Crippen LogP contribution in [0.15, 0.2) is 0 Å². The number of aromatic nitrogens is 2. The van der Waals surface area contributed by atoms with E-state index in [-0.39, 0.29) is 0 Å². The van der Waals surface area contributed by atoms with Gasteiger partial charge in [-0.05, 0) is 12.2 Å². The number of H-pyrrole nitrogens is 2. The van der Waals surface area contributed by atoms with Crippen LogP contribution in [0, 0.1) is 9.41 Å². The minimum atomic E-state index is 0.457. The van der Waals surface area contributed by atoms with Gasteiger partial charge in [-0.1, -0.05) is 12.2 Å². The second-order valence-corrected chi connectivity index (χ2v) is 2.76. The highest BCUT2D eigenvalue weighted by atomic mass is 32.1. The van der Waals surface area contributed by atoms with Crippen LogP contribution in [-0.4, -0.2) is 17.0 Å². The summed E-state index contributed by atoms with van der Waals surface area (Å²) in [6.07, 6.45) is 0. The van der Waals surface area contributed by atoms with Crippen molar-refractivity contribution in [2.24, 2.45) is 0 Å². The van der Waals surface area contributed by atoms with Crippen LogP contribution in [0.5, 0.6) is 0 Å². The first-order chi connectivity index (χ1) is 5.15. The molecule has 1 rings (SSSR count). The molecule has 0 aliphatic rings. The quantitative estimate of drug-likeness (QED) is 0.503. The van der Waals surface area contributed by atoms with E-state index in [2.05, 4.69) is 15.3 Å². The molecule has 11 heavy (non-hydrogen) atoms. The molecule has 0 spiro atoms. The van der Waals surface area contributed by atoms with Crippen LogP contribution in [0.1, 0.15) is 0 Å². The third-order valence-corrected chi connectivity index (χ3v) is 1.76. The Morgan fingerprint density at radius 2 is 2.00 bits per heavy atom. The molecule has 1 heterocycles. The summed E-state index contributed by atoms with van der Waals surface area (Å²) in [6.45, 7) is 0. The number of nitrogens with one attached hydrogen (secondary N) is 3. The van der Waals surface area contributed by atoms with Gasteiger partial charge in [-0.15, -0.1) is 0 Å². The van der Waals surface area contributed by atoms with Crippen LogP contribution >= 0.6 is 24.4 Å². The lowest BCUT2D eigenvalue weighted by Gasteiger charge is -2.03. The largest absolute Gasteiger partial charge is 0.393 e. The first-order valence-corrected chi connectivity index (χ1v) is 3.76. The van der Waals surface area contributed by atoms with E-state index in [0.29, 0.717) is 20.9 Å². The summed E-state index contributed by atoms with van der Waals surface area (Å²) in [5, 5.41) is 2.84. The van der Waals surface area contributed by atoms with Crippen molar-refractivity contribution in [1.29, 1.82) is 0 Å². The average Bonchev–Trinajstić information content (AvgIpc) is 1.96. The van der Waals surface area contributed by atoms with E-state index in [1.807, 2.05) is 0 Å². The van der Waals surface area contributed by atoms with Crippen molar-refractivity contribution < 1.29 is 0 Å². The Bertz CT molecular complexity index is 363. The predicted octanol–water partition coefficient (Wildman–Crippen LogP) is 1.43. The van der Waals surface area contributed by atoms with Crippen molar-refractivity contribution in [3.05, 3.63) is 9.41 Å². The number of hydrogen-bond donors (Lipinski definition) is 4. The van der Waals surface area contributed by atoms with Crippen molar-refractivity contribution in [2.45, 2.75) is 0 Å². The molecule has 0 saturated heterocycles. The SMILES string of the molecule is CNc1[nH]c(=S)[nH]c(=S)c1N. The van der Waals surface area contributed by atoms with Gasteiger partial charge < -0.3 is 21.0 Å². The number of nitrogens with two attached hydrogens (primary N) is 1. The first kappa shape index (κ1) is 8.22. The molecule has 0 amide bonds. The highest BCUT2D eigenvalue weighted by Gasteiger charge is 1.96. The molecule has 1 aromatic rings. The third kappa shape index (κ3) is 1.58. The maximum atomic E-state index is 5.59. The first-order valence-electron chi connectivity index (χ1n) is 2.95. The zero-order valence-electron chi connectivity index (χ0n) is 5.89. The van der Waals surface area contributed by atoms with Gasteiger partial charge in [0.2, 0.25) is 0 Å². The van der Waals surface area contributed by atoms with E-state index in [1.165, 1.54) is 0 Å². The lowest BCUT2D eigenvalue weighted by Crippen LogP contribution is -2.01. The van der Waals surface area contributed by atoms with E-state index in [4.69, 9.17) is 30.2 Å². The van der Waals surface area contributed by atoms with E-state index < -0.39 is 0 Å². The van der Waals surface area contributed by atoms with Crippen LogP contribution < -0.4 is 11.1 Å².